The summed E-state index contributed by atoms with van der Waals surface area (Å²) in [5, 5.41) is 10.6. The number of halogens is 2. The van der Waals surface area contributed by atoms with Gasteiger partial charge in [0.05, 0.1) is 28.5 Å². The molecule has 4 aromatic heterocycles. The zero-order valence-electron chi connectivity index (χ0n) is 19.8. The number of aromatic amines is 1. The number of H-pyrrole nitrogens is 1. The van der Waals surface area contributed by atoms with Crippen molar-refractivity contribution in [2.75, 3.05) is 18.1 Å². The molecule has 0 aliphatic carbocycles. The quantitative estimate of drug-likeness (QED) is 0.311. The van der Waals surface area contributed by atoms with Crippen LogP contribution in [0.5, 0.6) is 5.88 Å². The average molecular weight is 551 g/mol. The third-order valence-corrected chi connectivity index (χ3v) is 7.21. The molecule has 0 radical (unpaired) electrons. The molecule has 0 saturated carbocycles. The maximum atomic E-state index is 13.1. The lowest BCUT2D eigenvalue weighted by Gasteiger charge is -2.28. The number of ether oxygens (including phenoxy) is 1. The smallest absolute Gasteiger partial charge is 0.341 e. The van der Waals surface area contributed by atoms with Crippen LogP contribution in [0.4, 0.5) is 5.69 Å². The first-order valence-electron chi connectivity index (χ1n) is 11.8. The van der Waals surface area contributed by atoms with E-state index in [1.165, 1.54) is 18.5 Å². The molecule has 1 aromatic carbocycles. The molecule has 1 aliphatic heterocycles. The van der Waals surface area contributed by atoms with Gasteiger partial charge in [-0.15, -0.1) is 0 Å². The lowest BCUT2D eigenvalue weighted by molar-refractivity contribution is 0.0695. The highest BCUT2D eigenvalue weighted by Gasteiger charge is 2.29. The number of nitrogens with one attached hydrogen (secondary N) is 1. The summed E-state index contributed by atoms with van der Waals surface area (Å²) in [7, 11) is 0. The monoisotopic (exact) mass is 550 g/mol. The maximum Gasteiger partial charge on any atom is 0.341 e. The number of carboxylic acid groups (broad SMARTS) is 1. The predicted molar refractivity (Wildman–Crippen MR) is 144 cm³/mol. The van der Waals surface area contributed by atoms with Crippen molar-refractivity contribution in [3.8, 4) is 11.7 Å². The number of hydrogen-bond acceptors (Lipinski definition) is 7. The largest absolute Gasteiger partial charge is 0.477 e. The molecule has 6 rings (SSSR count). The van der Waals surface area contributed by atoms with E-state index >= 15 is 0 Å². The molecule has 38 heavy (non-hydrogen) atoms. The van der Waals surface area contributed by atoms with E-state index in [1.54, 1.807) is 41.2 Å². The normalized spacial score (nSPS) is 15.4. The number of rotatable bonds is 6. The second kappa shape index (κ2) is 9.62. The molecule has 192 valence electrons. The van der Waals surface area contributed by atoms with Crippen LogP contribution in [-0.4, -0.2) is 54.8 Å². The van der Waals surface area contributed by atoms with Crippen LogP contribution in [0.1, 0.15) is 23.2 Å². The minimum Gasteiger partial charge on any atom is -0.477 e. The van der Waals surface area contributed by atoms with Crippen molar-refractivity contribution in [2.45, 2.75) is 18.9 Å². The van der Waals surface area contributed by atoms with Crippen LogP contribution in [-0.2, 0) is 0 Å². The third kappa shape index (κ3) is 4.21. The minimum absolute atomic E-state index is 0.0171. The molecular formula is C26H20Cl2N6O4. The Kier molecular flexibility index (Phi) is 6.13. The number of anilines is 1. The fraction of sp³-hybridized carbons (Fsp3) is 0.192. The van der Waals surface area contributed by atoms with Crippen molar-refractivity contribution < 1.29 is 14.6 Å². The highest BCUT2D eigenvalue weighted by Crippen LogP contribution is 2.36. The van der Waals surface area contributed by atoms with Gasteiger partial charge < -0.3 is 19.7 Å². The Morgan fingerprint density at radius 2 is 2.08 bits per heavy atom. The molecule has 0 bridgehead atoms. The summed E-state index contributed by atoms with van der Waals surface area (Å²) in [5.74, 6) is -0.629. The van der Waals surface area contributed by atoms with Crippen LogP contribution in [0.3, 0.4) is 0 Å². The van der Waals surface area contributed by atoms with E-state index in [1.807, 2.05) is 0 Å². The summed E-state index contributed by atoms with van der Waals surface area (Å²) in [4.78, 5) is 43.3. The lowest BCUT2D eigenvalue weighted by Crippen LogP contribution is -2.34. The first-order chi connectivity index (χ1) is 18.4. The van der Waals surface area contributed by atoms with E-state index in [-0.39, 0.29) is 11.4 Å². The van der Waals surface area contributed by atoms with Crippen LogP contribution in [0, 0.1) is 0 Å². The molecule has 1 fully saturated rings. The Hall–Kier alpha value is -4.15. The van der Waals surface area contributed by atoms with E-state index in [9.17, 15) is 14.7 Å². The van der Waals surface area contributed by atoms with Gasteiger partial charge in [-0.2, -0.15) is 0 Å². The van der Waals surface area contributed by atoms with Gasteiger partial charge in [-0.3, -0.25) is 9.36 Å². The predicted octanol–water partition coefficient (Wildman–Crippen LogP) is 4.71. The zero-order chi connectivity index (χ0) is 26.4. The Balaban J connectivity index is 1.46. The molecule has 5 aromatic rings. The van der Waals surface area contributed by atoms with E-state index in [0.717, 1.165) is 19.4 Å². The summed E-state index contributed by atoms with van der Waals surface area (Å²) in [6.07, 6.45) is 7.91. The number of carbonyl (C=O) groups is 1. The second-order valence-corrected chi connectivity index (χ2v) is 9.71. The summed E-state index contributed by atoms with van der Waals surface area (Å²) in [6.45, 7) is 1.06. The van der Waals surface area contributed by atoms with Gasteiger partial charge in [-0.05, 0) is 43.2 Å². The number of aromatic carboxylic acids is 1. The van der Waals surface area contributed by atoms with Crippen LogP contribution >= 0.6 is 23.2 Å². The topological polar surface area (TPSA) is 126 Å². The Morgan fingerprint density at radius 3 is 2.89 bits per heavy atom. The zero-order valence-corrected chi connectivity index (χ0v) is 21.3. The molecule has 10 nitrogen and oxygen atoms in total. The Labute approximate surface area is 225 Å². The van der Waals surface area contributed by atoms with Crippen molar-refractivity contribution >= 4 is 56.9 Å². The first-order valence-corrected chi connectivity index (χ1v) is 12.6. The highest BCUT2D eigenvalue weighted by atomic mass is 35.5. The number of aromatic nitrogens is 5. The first kappa shape index (κ1) is 24.2. The van der Waals surface area contributed by atoms with Gasteiger partial charge in [-0.25, -0.2) is 19.7 Å². The van der Waals surface area contributed by atoms with Gasteiger partial charge in [0.25, 0.3) is 0 Å². The average Bonchev–Trinajstić information content (AvgIpc) is 3.57. The second-order valence-electron chi connectivity index (χ2n) is 8.90. The lowest BCUT2D eigenvalue weighted by atomic mass is 10.1. The number of benzene rings is 1. The van der Waals surface area contributed by atoms with Crippen molar-refractivity contribution in [1.82, 2.24) is 24.5 Å². The molecule has 1 aliphatic rings. The van der Waals surface area contributed by atoms with Gasteiger partial charge in [0, 0.05) is 30.5 Å². The number of pyridine rings is 2. The Bertz CT molecular complexity index is 1770. The van der Waals surface area contributed by atoms with Crippen molar-refractivity contribution in [1.29, 1.82) is 0 Å². The standard InChI is InChI=1S/C26H20Cl2N6O4/c27-17-4-1-6-30-25(17)38-13-14-3-2-8-33(14)21-10-20-15(9-18(21)28)23(35)16(26(36)37)12-34(20)22-11-31-19-5-7-29-24(19)32-22/h1,4-7,9-12,14H,2-3,8,13H2,(H,29,32)(H,36,37)/t14-/m1/s1. The fourth-order valence-electron chi connectivity index (χ4n) is 4.81. The minimum atomic E-state index is -1.34. The van der Waals surface area contributed by atoms with Gasteiger partial charge in [-0.1, -0.05) is 23.2 Å². The van der Waals surface area contributed by atoms with Gasteiger partial charge in [0.2, 0.25) is 11.3 Å². The molecular weight excluding hydrogens is 531 g/mol. The number of nitrogens with zero attached hydrogens (tertiary/aromatic N) is 5. The maximum absolute atomic E-state index is 13.1. The SMILES string of the molecule is O=C(O)c1cn(-c2cnc3cc[nH]c3n2)c2cc(N3CCC[C@@H]3COc3ncccc3Cl)c(Cl)cc2c1=O. The van der Waals surface area contributed by atoms with Crippen LogP contribution in [0.15, 0.2) is 59.9 Å². The summed E-state index contributed by atoms with van der Waals surface area (Å²) >= 11 is 12.9. The van der Waals surface area contributed by atoms with Crippen LogP contribution in [0.25, 0.3) is 27.9 Å². The van der Waals surface area contributed by atoms with Crippen LogP contribution in [0.2, 0.25) is 10.0 Å². The van der Waals surface area contributed by atoms with Gasteiger partial charge in [0.1, 0.15) is 22.7 Å². The molecule has 2 N–H and O–H groups in total. The third-order valence-electron chi connectivity index (χ3n) is 6.62. The number of carboxylic acids is 1. The molecule has 0 amide bonds. The van der Waals surface area contributed by atoms with E-state index in [4.69, 9.17) is 27.9 Å². The van der Waals surface area contributed by atoms with E-state index in [0.29, 0.717) is 50.7 Å². The Morgan fingerprint density at radius 1 is 1.21 bits per heavy atom. The summed E-state index contributed by atoms with van der Waals surface area (Å²) < 4.78 is 7.48. The van der Waals surface area contributed by atoms with E-state index in [2.05, 4.69) is 24.8 Å². The number of fused-ring (bicyclic) bond motifs is 2. The molecule has 1 atom stereocenters. The summed E-state index contributed by atoms with van der Waals surface area (Å²) in [5.41, 5.74) is 1.33. The fourth-order valence-corrected chi connectivity index (χ4v) is 5.26. The van der Waals surface area contributed by atoms with Gasteiger partial charge in [0.15, 0.2) is 11.5 Å². The molecule has 0 unspecified atom stereocenters. The highest BCUT2D eigenvalue weighted by molar-refractivity contribution is 6.34. The number of hydrogen-bond donors (Lipinski definition) is 2. The van der Waals surface area contributed by atoms with Crippen molar-refractivity contribution in [3.05, 3.63) is 81.0 Å². The van der Waals surface area contributed by atoms with Crippen molar-refractivity contribution in [2.24, 2.45) is 0 Å². The van der Waals surface area contributed by atoms with Gasteiger partial charge >= 0.3 is 5.97 Å². The molecule has 0 spiro atoms. The molecule has 5 heterocycles. The molecule has 12 heteroatoms. The summed E-state index contributed by atoms with van der Waals surface area (Å²) in [6, 6.07) is 8.52. The van der Waals surface area contributed by atoms with Crippen LogP contribution < -0.4 is 15.1 Å². The van der Waals surface area contributed by atoms with E-state index < -0.39 is 17.0 Å². The molecule has 1 saturated heterocycles. The van der Waals surface area contributed by atoms with Crippen molar-refractivity contribution in [3.63, 3.8) is 0 Å².